The van der Waals surface area contributed by atoms with E-state index in [0.717, 1.165) is 18.4 Å². The molecule has 0 bridgehead atoms. The van der Waals surface area contributed by atoms with Crippen LogP contribution in [0.15, 0.2) is 54.6 Å². The van der Waals surface area contributed by atoms with Crippen LogP contribution >= 0.6 is 0 Å². The lowest BCUT2D eigenvalue weighted by Crippen LogP contribution is -2.15. The highest BCUT2D eigenvalue weighted by Crippen LogP contribution is 2.31. The minimum absolute atomic E-state index is 0.341. The largest absolute Gasteiger partial charge is 0.352 e. The zero-order valence-electron chi connectivity index (χ0n) is 13.4. The average Bonchev–Trinajstić information content (AvgIpc) is 2.57. The van der Waals surface area contributed by atoms with Gasteiger partial charge >= 0.3 is 0 Å². The predicted molar refractivity (Wildman–Crippen MR) is 89.8 cm³/mol. The van der Waals surface area contributed by atoms with Crippen LogP contribution < -0.4 is 5.73 Å². The van der Waals surface area contributed by atoms with Crippen molar-refractivity contribution < 1.29 is 9.47 Å². The molecule has 0 radical (unpaired) electrons. The van der Waals surface area contributed by atoms with Crippen molar-refractivity contribution in [2.75, 3.05) is 20.8 Å². The number of ether oxygens (including phenoxy) is 2. The molecule has 0 aliphatic rings. The van der Waals surface area contributed by atoms with Crippen LogP contribution in [-0.2, 0) is 15.9 Å². The minimum atomic E-state index is -0.341. The van der Waals surface area contributed by atoms with E-state index in [4.69, 9.17) is 15.2 Å². The molecule has 2 N–H and O–H groups in total. The lowest BCUT2D eigenvalue weighted by Gasteiger charge is -2.24. The maximum absolute atomic E-state index is 5.85. The molecule has 3 nitrogen and oxygen atoms in total. The van der Waals surface area contributed by atoms with Crippen molar-refractivity contribution in [1.29, 1.82) is 0 Å². The Morgan fingerprint density at radius 1 is 0.864 bits per heavy atom. The molecule has 2 aromatic carbocycles. The van der Waals surface area contributed by atoms with Crippen LogP contribution in [0.2, 0.25) is 0 Å². The molecule has 0 spiro atoms. The van der Waals surface area contributed by atoms with Crippen LogP contribution in [0.3, 0.4) is 0 Å². The molecular weight excluding hydrogens is 274 g/mol. The normalized spacial score (nSPS) is 12.5. The summed E-state index contributed by atoms with van der Waals surface area (Å²) in [6.45, 7) is 0.663. The van der Waals surface area contributed by atoms with Crippen molar-refractivity contribution in [3.05, 3.63) is 71.3 Å². The Morgan fingerprint density at radius 3 is 2.05 bits per heavy atom. The summed E-state index contributed by atoms with van der Waals surface area (Å²) in [4.78, 5) is 0. The third-order valence-corrected chi connectivity index (χ3v) is 3.96. The van der Waals surface area contributed by atoms with Crippen LogP contribution in [0.4, 0.5) is 0 Å². The summed E-state index contributed by atoms with van der Waals surface area (Å²) >= 11 is 0. The zero-order chi connectivity index (χ0) is 15.8. The first kappa shape index (κ1) is 16.7. The van der Waals surface area contributed by atoms with Crippen molar-refractivity contribution in [2.45, 2.75) is 25.0 Å². The van der Waals surface area contributed by atoms with Gasteiger partial charge in [0, 0.05) is 19.8 Å². The fraction of sp³-hybridized carbons (Fsp3) is 0.368. The van der Waals surface area contributed by atoms with Gasteiger partial charge < -0.3 is 15.2 Å². The Balaban J connectivity index is 2.32. The molecule has 0 amide bonds. The molecule has 0 aromatic heterocycles. The molecule has 2 aromatic rings. The summed E-state index contributed by atoms with van der Waals surface area (Å²) in [6.07, 6.45) is 1.56. The second-order valence-electron chi connectivity index (χ2n) is 5.40. The topological polar surface area (TPSA) is 44.5 Å². The van der Waals surface area contributed by atoms with Crippen molar-refractivity contribution in [3.8, 4) is 0 Å². The van der Waals surface area contributed by atoms with Gasteiger partial charge in [0.2, 0.25) is 0 Å². The van der Waals surface area contributed by atoms with Crippen LogP contribution in [-0.4, -0.2) is 20.8 Å². The van der Waals surface area contributed by atoms with Gasteiger partial charge in [-0.15, -0.1) is 0 Å². The molecule has 0 heterocycles. The maximum atomic E-state index is 5.85. The van der Waals surface area contributed by atoms with Crippen molar-refractivity contribution in [1.82, 2.24) is 0 Å². The van der Waals surface area contributed by atoms with Gasteiger partial charge in [-0.3, -0.25) is 0 Å². The van der Waals surface area contributed by atoms with Crippen molar-refractivity contribution >= 4 is 0 Å². The van der Waals surface area contributed by atoms with Gasteiger partial charge in [-0.05, 0) is 36.4 Å². The third kappa shape index (κ3) is 4.17. The monoisotopic (exact) mass is 299 g/mol. The zero-order valence-corrected chi connectivity index (χ0v) is 13.4. The Bertz CT molecular complexity index is 552. The Hall–Kier alpha value is -1.68. The highest BCUT2D eigenvalue weighted by molar-refractivity contribution is 5.33. The standard InChI is InChI=1S/C19H25NO2/c1-21-19(22-2)18-11-7-6-10-17(18)16(12-13-20)14-15-8-4-3-5-9-15/h3-11,16,19H,12-14,20H2,1-2H3. The molecule has 2 rings (SSSR count). The van der Waals surface area contributed by atoms with Crippen LogP contribution in [0.1, 0.15) is 35.3 Å². The summed E-state index contributed by atoms with van der Waals surface area (Å²) in [7, 11) is 3.33. The highest BCUT2D eigenvalue weighted by Gasteiger charge is 2.20. The Labute approximate surface area is 133 Å². The Kier molecular flexibility index (Phi) is 6.59. The molecule has 1 unspecified atom stereocenters. The lowest BCUT2D eigenvalue weighted by atomic mass is 9.86. The first-order valence-corrected chi connectivity index (χ1v) is 7.68. The van der Waals surface area contributed by atoms with Crippen LogP contribution in [0.5, 0.6) is 0 Å². The summed E-state index contributed by atoms with van der Waals surface area (Å²) in [5, 5.41) is 0. The van der Waals surface area contributed by atoms with E-state index >= 15 is 0 Å². The van der Waals surface area contributed by atoms with Gasteiger partial charge in [0.1, 0.15) is 0 Å². The van der Waals surface area contributed by atoms with Gasteiger partial charge in [0.25, 0.3) is 0 Å². The van der Waals surface area contributed by atoms with E-state index in [2.05, 4.69) is 42.5 Å². The number of benzene rings is 2. The second kappa shape index (κ2) is 8.69. The average molecular weight is 299 g/mol. The first-order valence-electron chi connectivity index (χ1n) is 7.68. The first-order chi connectivity index (χ1) is 10.8. The maximum Gasteiger partial charge on any atom is 0.183 e. The second-order valence-corrected chi connectivity index (χ2v) is 5.40. The lowest BCUT2D eigenvalue weighted by molar-refractivity contribution is -0.106. The van der Waals surface area contributed by atoms with E-state index in [1.807, 2.05) is 12.1 Å². The molecule has 0 saturated carbocycles. The van der Waals surface area contributed by atoms with Gasteiger partial charge in [-0.1, -0.05) is 54.6 Å². The van der Waals surface area contributed by atoms with E-state index < -0.39 is 0 Å². The molecule has 1 atom stereocenters. The van der Waals surface area contributed by atoms with E-state index in [1.165, 1.54) is 11.1 Å². The Morgan fingerprint density at radius 2 is 1.45 bits per heavy atom. The number of hydrogen-bond acceptors (Lipinski definition) is 3. The van der Waals surface area contributed by atoms with E-state index in [1.54, 1.807) is 14.2 Å². The quantitative estimate of drug-likeness (QED) is 0.757. The predicted octanol–water partition coefficient (Wildman–Crippen LogP) is 3.65. The van der Waals surface area contributed by atoms with E-state index in [9.17, 15) is 0 Å². The summed E-state index contributed by atoms with van der Waals surface area (Å²) in [5.41, 5.74) is 9.51. The van der Waals surface area contributed by atoms with E-state index in [-0.39, 0.29) is 6.29 Å². The summed E-state index contributed by atoms with van der Waals surface area (Å²) < 4.78 is 10.9. The molecule has 0 aliphatic heterocycles. The SMILES string of the molecule is COC(OC)c1ccccc1C(CCN)Cc1ccccc1. The molecule has 3 heteroatoms. The van der Waals surface area contributed by atoms with Crippen LogP contribution in [0, 0.1) is 0 Å². The number of rotatable bonds is 8. The molecular formula is C19H25NO2. The van der Waals surface area contributed by atoms with Crippen LogP contribution in [0.25, 0.3) is 0 Å². The smallest absolute Gasteiger partial charge is 0.183 e. The van der Waals surface area contributed by atoms with Gasteiger partial charge in [-0.2, -0.15) is 0 Å². The van der Waals surface area contributed by atoms with E-state index in [0.29, 0.717) is 12.5 Å². The molecule has 0 saturated heterocycles. The number of methoxy groups -OCH3 is 2. The van der Waals surface area contributed by atoms with Crippen molar-refractivity contribution in [3.63, 3.8) is 0 Å². The molecule has 0 fully saturated rings. The van der Waals surface area contributed by atoms with Gasteiger partial charge in [-0.25, -0.2) is 0 Å². The third-order valence-electron chi connectivity index (χ3n) is 3.96. The fourth-order valence-corrected chi connectivity index (χ4v) is 2.91. The summed E-state index contributed by atoms with van der Waals surface area (Å²) in [5.74, 6) is 0.358. The molecule has 118 valence electrons. The summed E-state index contributed by atoms with van der Waals surface area (Å²) in [6, 6.07) is 18.8. The van der Waals surface area contributed by atoms with Gasteiger partial charge in [0.05, 0.1) is 0 Å². The van der Waals surface area contributed by atoms with Gasteiger partial charge in [0.15, 0.2) is 6.29 Å². The minimum Gasteiger partial charge on any atom is -0.352 e. The highest BCUT2D eigenvalue weighted by atomic mass is 16.7. The number of hydrogen-bond donors (Lipinski definition) is 1. The molecule has 0 aliphatic carbocycles. The fourth-order valence-electron chi connectivity index (χ4n) is 2.91. The molecule has 22 heavy (non-hydrogen) atoms. The van der Waals surface area contributed by atoms with Crippen molar-refractivity contribution in [2.24, 2.45) is 5.73 Å². The number of nitrogens with two attached hydrogens (primary N) is 1.